The molecule has 7 heteroatoms. The van der Waals surface area contributed by atoms with Gasteiger partial charge in [-0.25, -0.2) is 4.99 Å². The molecule has 23 heavy (non-hydrogen) atoms. The number of aromatic nitrogens is 2. The lowest BCUT2D eigenvalue weighted by molar-refractivity contribution is 0.251. The van der Waals surface area contributed by atoms with Crippen molar-refractivity contribution in [1.82, 2.24) is 9.55 Å². The van der Waals surface area contributed by atoms with E-state index in [0.29, 0.717) is 10.6 Å². The number of anilines is 1. The number of nitrogen functional groups attached to an aromatic ring is 1. The van der Waals surface area contributed by atoms with Crippen molar-refractivity contribution in [3.63, 3.8) is 0 Å². The van der Waals surface area contributed by atoms with Crippen molar-refractivity contribution >= 4 is 40.5 Å². The van der Waals surface area contributed by atoms with Gasteiger partial charge in [0.1, 0.15) is 5.69 Å². The fourth-order valence-corrected chi connectivity index (χ4v) is 4.14. The van der Waals surface area contributed by atoms with Crippen LogP contribution in [0.1, 0.15) is 46.0 Å². The first-order chi connectivity index (χ1) is 10.9. The van der Waals surface area contributed by atoms with E-state index < -0.39 is 0 Å². The standard InChI is InChI=1S/C16H26N4OS2/c1-10-6-4-5-7-12(10)8-9-23-11(2)18-14-13(17)15(21)20(3)16(22)19-14/h10,12H,4-9,17H2,1-3H3,(H,19,22). The summed E-state index contributed by atoms with van der Waals surface area (Å²) in [5.41, 5.74) is 5.65. The zero-order valence-corrected chi connectivity index (χ0v) is 15.7. The van der Waals surface area contributed by atoms with Crippen LogP contribution in [0, 0.1) is 16.6 Å². The Hall–Kier alpha value is -1.08. The molecule has 1 aliphatic carbocycles. The smallest absolute Gasteiger partial charge is 0.279 e. The first-order valence-corrected chi connectivity index (χ1v) is 9.56. The molecule has 1 fully saturated rings. The molecule has 1 aromatic rings. The van der Waals surface area contributed by atoms with Crippen molar-refractivity contribution in [2.75, 3.05) is 11.5 Å². The summed E-state index contributed by atoms with van der Waals surface area (Å²) in [6.07, 6.45) is 6.69. The lowest BCUT2D eigenvalue weighted by atomic mass is 9.79. The number of rotatable bonds is 4. The van der Waals surface area contributed by atoms with Gasteiger partial charge in [-0.05, 0) is 43.2 Å². The Morgan fingerprint density at radius 2 is 2.17 bits per heavy atom. The van der Waals surface area contributed by atoms with Crippen LogP contribution in [-0.2, 0) is 7.05 Å². The quantitative estimate of drug-likeness (QED) is 0.486. The molecular weight excluding hydrogens is 328 g/mol. The van der Waals surface area contributed by atoms with Crippen LogP contribution in [0.3, 0.4) is 0 Å². The summed E-state index contributed by atoms with van der Waals surface area (Å²) in [4.78, 5) is 19.3. The van der Waals surface area contributed by atoms with Gasteiger partial charge in [0.05, 0.1) is 5.04 Å². The average molecular weight is 355 g/mol. The second-order valence-electron chi connectivity index (χ2n) is 6.35. The third-order valence-electron chi connectivity index (χ3n) is 4.68. The van der Waals surface area contributed by atoms with Crippen LogP contribution in [0.4, 0.5) is 11.5 Å². The predicted octanol–water partition coefficient (Wildman–Crippen LogP) is 4.02. The van der Waals surface area contributed by atoms with Gasteiger partial charge in [0, 0.05) is 7.05 Å². The minimum Gasteiger partial charge on any atom is -0.391 e. The molecule has 0 amide bonds. The number of hydrogen-bond acceptors (Lipinski definition) is 5. The van der Waals surface area contributed by atoms with Crippen LogP contribution in [0.15, 0.2) is 9.79 Å². The normalized spacial score (nSPS) is 22.3. The number of thioether (sulfide) groups is 1. The summed E-state index contributed by atoms with van der Waals surface area (Å²) in [7, 11) is 1.60. The maximum Gasteiger partial charge on any atom is 0.279 e. The highest BCUT2D eigenvalue weighted by Crippen LogP contribution is 2.32. The summed E-state index contributed by atoms with van der Waals surface area (Å²) in [5.74, 6) is 3.10. The van der Waals surface area contributed by atoms with Crippen molar-refractivity contribution in [2.45, 2.75) is 46.0 Å². The van der Waals surface area contributed by atoms with E-state index in [1.165, 1.54) is 36.7 Å². The lowest BCUT2D eigenvalue weighted by Gasteiger charge is -2.28. The molecule has 1 heterocycles. The second kappa shape index (κ2) is 8.15. The van der Waals surface area contributed by atoms with Gasteiger partial charge < -0.3 is 10.7 Å². The Morgan fingerprint density at radius 1 is 1.48 bits per heavy atom. The number of nitrogens with two attached hydrogens (primary N) is 1. The van der Waals surface area contributed by atoms with E-state index in [-0.39, 0.29) is 11.2 Å². The Balaban J connectivity index is 1.98. The first-order valence-electron chi connectivity index (χ1n) is 8.17. The minimum absolute atomic E-state index is 0.113. The highest BCUT2D eigenvalue weighted by Gasteiger charge is 2.20. The number of nitrogens with zero attached hydrogens (tertiary/aromatic N) is 2. The summed E-state index contributed by atoms with van der Waals surface area (Å²) in [5, 5.41) is 0.902. The fourth-order valence-electron chi connectivity index (χ4n) is 3.08. The number of aliphatic imine (C=N–C) groups is 1. The monoisotopic (exact) mass is 354 g/mol. The van der Waals surface area contributed by atoms with Crippen LogP contribution < -0.4 is 11.3 Å². The van der Waals surface area contributed by atoms with Crippen LogP contribution in [0.2, 0.25) is 0 Å². The third kappa shape index (κ3) is 4.70. The topological polar surface area (TPSA) is 76.2 Å². The molecule has 128 valence electrons. The van der Waals surface area contributed by atoms with Gasteiger partial charge in [-0.1, -0.05) is 32.6 Å². The van der Waals surface area contributed by atoms with E-state index in [4.69, 9.17) is 18.0 Å². The van der Waals surface area contributed by atoms with E-state index in [1.54, 1.807) is 18.8 Å². The van der Waals surface area contributed by atoms with E-state index in [9.17, 15) is 4.79 Å². The van der Waals surface area contributed by atoms with Crippen LogP contribution in [-0.4, -0.2) is 20.3 Å². The number of H-pyrrole nitrogens is 1. The van der Waals surface area contributed by atoms with Gasteiger partial charge in [-0.3, -0.25) is 9.36 Å². The van der Waals surface area contributed by atoms with Crippen LogP contribution in [0.5, 0.6) is 0 Å². The molecule has 5 nitrogen and oxygen atoms in total. The molecule has 0 radical (unpaired) electrons. The molecule has 0 aromatic carbocycles. The summed E-state index contributed by atoms with van der Waals surface area (Å²) >= 11 is 6.83. The Kier molecular flexibility index (Phi) is 6.47. The average Bonchev–Trinajstić information content (AvgIpc) is 2.52. The molecule has 0 saturated heterocycles. The molecular formula is C16H26N4OS2. The van der Waals surface area contributed by atoms with Gasteiger partial charge in [0.2, 0.25) is 0 Å². The minimum atomic E-state index is -0.304. The van der Waals surface area contributed by atoms with Crippen molar-refractivity contribution in [3.05, 3.63) is 15.1 Å². The number of nitrogens with one attached hydrogen (secondary N) is 1. The Morgan fingerprint density at radius 3 is 2.87 bits per heavy atom. The van der Waals surface area contributed by atoms with Crippen LogP contribution >= 0.6 is 24.0 Å². The van der Waals surface area contributed by atoms with Crippen molar-refractivity contribution in [3.8, 4) is 0 Å². The molecule has 1 aromatic heterocycles. The van der Waals surface area contributed by atoms with E-state index in [2.05, 4.69) is 16.9 Å². The maximum atomic E-state index is 11.9. The van der Waals surface area contributed by atoms with E-state index in [0.717, 1.165) is 22.6 Å². The third-order valence-corrected chi connectivity index (χ3v) is 6.00. The Bertz CT molecular complexity index is 692. The van der Waals surface area contributed by atoms with Gasteiger partial charge in [0.15, 0.2) is 10.6 Å². The van der Waals surface area contributed by atoms with Gasteiger partial charge in [-0.2, -0.15) is 0 Å². The molecule has 0 bridgehead atoms. The number of aromatic amines is 1. The van der Waals surface area contributed by atoms with Gasteiger partial charge >= 0.3 is 0 Å². The summed E-state index contributed by atoms with van der Waals surface area (Å²) in [6.45, 7) is 4.32. The second-order valence-corrected chi connectivity index (χ2v) is 8.02. The molecule has 2 atom stereocenters. The lowest BCUT2D eigenvalue weighted by Crippen LogP contribution is -2.21. The summed E-state index contributed by atoms with van der Waals surface area (Å²) < 4.78 is 1.65. The van der Waals surface area contributed by atoms with E-state index in [1.807, 2.05) is 6.92 Å². The predicted molar refractivity (Wildman–Crippen MR) is 102 cm³/mol. The zero-order chi connectivity index (χ0) is 17.0. The maximum absolute atomic E-state index is 11.9. The fraction of sp³-hybridized carbons (Fsp3) is 0.688. The molecule has 0 spiro atoms. The highest BCUT2D eigenvalue weighted by molar-refractivity contribution is 8.13. The van der Waals surface area contributed by atoms with Gasteiger partial charge in [0.25, 0.3) is 5.56 Å². The Labute approximate surface area is 146 Å². The van der Waals surface area contributed by atoms with Crippen molar-refractivity contribution < 1.29 is 0 Å². The largest absolute Gasteiger partial charge is 0.391 e. The SMILES string of the molecule is CC(=Nc1[nH]c(=S)n(C)c(=O)c1N)SCCC1CCCCC1C. The molecule has 1 aliphatic rings. The molecule has 0 aliphatic heterocycles. The molecule has 2 unspecified atom stereocenters. The first kappa shape index (κ1) is 18.3. The van der Waals surface area contributed by atoms with Gasteiger partial charge in [-0.15, -0.1) is 11.8 Å². The number of hydrogen-bond donors (Lipinski definition) is 2. The molecule has 3 N–H and O–H groups in total. The summed E-state index contributed by atoms with van der Waals surface area (Å²) in [6, 6.07) is 0. The molecule has 1 saturated carbocycles. The van der Waals surface area contributed by atoms with Crippen molar-refractivity contribution in [2.24, 2.45) is 23.9 Å². The van der Waals surface area contributed by atoms with Crippen LogP contribution in [0.25, 0.3) is 0 Å². The zero-order valence-electron chi connectivity index (χ0n) is 14.1. The highest BCUT2D eigenvalue weighted by atomic mass is 32.2. The van der Waals surface area contributed by atoms with Crippen molar-refractivity contribution in [1.29, 1.82) is 0 Å². The van der Waals surface area contributed by atoms with E-state index >= 15 is 0 Å². The molecule has 2 rings (SSSR count).